The van der Waals surface area contributed by atoms with Crippen LogP contribution in [-0.2, 0) is 6.54 Å². The molecule has 168 valence electrons. The normalized spacial score (nSPS) is 14.6. The van der Waals surface area contributed by atoms with Gasteiger partial charge in [0.1, 0.15) is 0 Å². The average molecular weight is 576 g/mol. The van der Waals surface area contributed by atoms with E-state index >= 15 is 0 Å². The topological polar surface area (TPSA) is 68.8 Å². The summed E-state index contributed by atoms with van der Waals surface area (Å²) in [7, 11) is 1.72. The maximum atomic E-state index is 12.3. The van der Waals surface area contributed by atoms with Crippen molar-refractivity contribution in [1.82, 2.24) is 15.5 Å². The number of urea groups is 1. The number of likely N-dealkylation sites (tertiary alicyclic amines) is 1. The van der Waals surface area contributed by atoms with Gasteiger partial charge in [-0.3, -0.25) is 4.99 Å². The van der Waals surface area contributed by atoms with Crippen molar-refractivity contribution in [2.24, 2.45) is 4.99 Å². The van der Waals surface area contributed by atoms with E-state index in [1.165, 1.54) is 0 Å². The molecule has 0 aromatic heterocycles. The molecule has 9 heteroatoms. The lowest BCUT2D eigenvalue weighted by Crippen LogP contribution is -2.38. The first kappa shape index (κ1) is 25.5. The van der Waals surface area contributed by atoms with Gasteiger partial charge in [-0.25, -0.2) is 4.79 Å². The Hall–Kier alpha value is -1.71. The maximum absolute atomic E-state index is 12.3. The van der Waals surface area contributed by atoms with Gasteiger partial charge in [0.25, 0.3) is 0 Å². The number of hydrogen-bond donors (Lipinski definition) is 3. The van der Waals surface area contributed by atoms with Crippen molar-refractivity contribution in [3.8, 4) is 0 Å². The predicted octanol–water partition coefficient (Wildman–Crippen LogP) is 5.67. The van der Waals surface area contributed by atoms with Crippen molar-refractivity contribution in [2.45, 2.75) is 32.4 Å². The summed E-state index contributed by atoms with van der Waals surface area (Å²) in [6, 6.07) is 13.2. The number of rotatable bonds is 5. The number of aliphatic imine (C=N–C) groups is 1. The van der Waals surface area contributed by atoms with E-state index in [0.717, 1.165) is 42.7 Å². The Morgan fingerprint density at radius 1 is 1.16 bits per heavy atom. The lowest BCUT2D eigenvalue weighted by molar-refractivity contribution is 0.222. The summed E-state index contributed by atoms with van der Waals surface area (Å²) >= 11 is 12.3. The molecule has 2 amide bonds. The molecular weight excluding hydrogens is 548 g/mol. The van der Waals surface area contributed by atoms with Crippen LogP contribution >= 0.6 is 47.2 Å². The predicted molar refractivity (Wildman–Crippen MR) is 140 cm³/mol. The van der Waals surface area contributed by atoms with Crippen LogP contribution in [0.5, 0.6) is 0 Å². The van der Waals surface area contributed by atoms with Crippen LogP contribution in [0, 0.1) is 0 Å². The summed E-state index contributed by atoms with van der Waals surface area (Å²) in [4.78, 5) is 18.4. The molecule has 1 fully saturated rings. The van der Waals surface area contributed by atoms with Crippen LogP contribution < -0.4 is 16.0 Å². The fraction of sp³-hybridized carbons (Fsp3) is 0.364. The third-order valence-electron chi connectivity index (χ3n) is 5.04. The number of carbonyl (C=O) groups excluding carboxylic acids is 1. The Kier molecular flexibility index (Phi) is 10.2. The van der Waals surface area contributed by atoms with E-state index in [0.29, 0.717) is 22.5 Å². The van der Waals surface area contributed by atoms with E-state index in [4.69, 9.17) is 23.2 Å². The first-order valence-electron chi connectivity index (χ1n) is 10.0. The molecule has 6 nitrogen and oxygen atoms in total. The Labute approximate surface area is 210 Å². The second-order valence-corrected chi connectivity index (χ2v) is 8.13. The summed E-state index contributed by atoms with van der Waals surface area (Å²) < 4.78 is 0. The Morgan fingerprint density at radius 2 is 1.90 bits per heavy atom. The van der Waals surface area contributed by atoms with Crippen molar-refractivity contribution < 1.29 is 4.79 Å². The number of benzene rings is 2. The Bertz CT molecular complexity index is 919. The monoisotopic (exact) mass is 575 g/mol. The molecule has 1 aliphatic rings. The SMILES string of the molecule is CN=C(NCc1cccc(NC(=O)N2CCCC2)c1)NC(C)c1ccc(Cl)cc1Cl.I. The van der Waals surface area contributed by atoms with Gasteiger partial charge in [0.2, 0.25) is 0 Å². The zero-order chi connectivity index (χ0) is 21.5. The van der Waals surface area contributed by atoms with Crippen molar-refractivity contribution in [3.05, 3.63) is 63.6 Å². The van der Waals surface area contributed by atoms with Crippen LogP contribution in [-0.4, -0.2) is 37.0 Å². The molecule has 2 aromatic rings. The quantitative estimate of drug-likeness (QED) is 0.245. The summed E-state index contributed by atoms with van der Waals surface area (Å²) in [5.41, 5.74) is 2.76. The molecule has 1 aliphatic heterocycles. The number of nitrogens with one attached hydrogen (secondary N) is 3. The molecule has 3 rings (SSSR count). The van der Waals surface area contributed by atoms with Gasteiger partial charge in [0.15, 0.2) is 5.96 Å². The molecule has 0 spiro atoms. The lowest BCUT2D eigenvalue weighted by Gasteiger charge is -2.20. The van der Waals surface area contributed by atoms with Gasteiger partial charge >= 0.3 is 6.03 Å². The van der Waals surface area contributed by atoms with Gasteiger partial charge in [0, 0.05) is 42.4 Å². The highest BCUT2D eigenvalue weighted by atomic mass is 127. The fourth-order valence-electron chi connectivity index (χ4n) is 3.40. The minimum Gasteiger partial charge on any atom is -0.352 e. The first-order valence-corrected chi connectivity index (χ1v) is 10.8. The Balaban J connectivity index is 0.00000341. The van der Waals surface area contributed by atoms with Gasteiger partial charge in [-0.1, -0.05) is 41.4 Å². The van der Waals surface area contributed by atoms with E-state index in [9.17, 15) is 4.79 Å². The fourth-order valence-corrected chi connectivity index (χ4v) is 3.97. The van der Waals surface area contributed by atoms with Crippen LogP contribution in [0.25, 0.3) is 0 Å². The minimum atomic E-state index is -0.0490. The van der Waals surface area contributed by atoms with E-state index < -0.39 is 0 Å². The van der Waals surface area contributed by atoms with Crippen molar-refractivity contribution in [1.29, 1.82) is 0 Å². The van der Waals surface area contributed by atoms with Crippen LogP contribution in [0.1, 0.15) is 36.9 Å². The van der Waals surface area contributed by atoms with E-state index in [2.05, 4.69) is 20.9 Å². The number of anilines is 1. The van der Waals surface area contributed by atoms with E-state index in [1.54, 1.807) is 13.1 Å². The maximum Gasteiger partial charge on any atom is 0.321 e. The highest BCUT2D eigenvalue weighted by Crippen LogP contribution is 2.26. The molecule has 0 aliphatic carbocycles. The summed E-state index contributed by atoms with van der Waals surface area (Å²) in [5, 5.41) is 10.8. The van der Waals surface area contributed by atoms with Crippen molar-refractivity contribution >= 4 is 64.9 Å². The number of hydrogen-bond acceptors (Lipinski definition) is 2. The van der Waals surface area contributed by atoms with Crippen LogP contribution in [0.4, 0.5) is 10.5 Å². The summed E-state index contributed by atoms with van der Waals surface area (Å²) in [6.07, 6.45) is 2.15. The third-order valence-corrected chi connectivity index (χ3v) is 5.60. The number of amides is 2. The molecule has 0 radical (unpaired) electrons. The molecule has 3 N–H and O–H groups in total. The molecule has 31 heavy (non-hydrogen) atoms. The largest absolute Gasteiger partial charge is 0.352 e. The molecule has 2 aromatic carbocycles. The van der Waals surface area contributed by atoms with E-state index in [1.807, 2.05) is 48.2 Å². The second kappa shape index (κ2) is 12.4. The van der Waals surface area contributed by atoms with Crippen molar-refractivity contribution in [2.75, 3.05) is 25.5 Å². The van der Waals surface area contributed by atoms with Crippen molar-refractivity contribution in [3.63, 3.8) is 0 Å². The zero-order valence-corrected chi connectivity index (χ0v) is 21.5. The smallest absolute Gasteiger partial charge is 0.321 e. The van der Waals surface area contributed by atoms with Crippen LogP contribution in [0.2, 0.25) is 10.0 Å². The third kappa shape index (κ3) is 7.43. The van der Waals surface area contributed by atoms with E-state index in [-0.39, 0.29) is 36.0 Å². The summed E-state index contributed by atoms with van der Waals surface area (Å²) in [6.45, 7) is 4.22. The second-order valence-electron chi connectivity index (χ2n) is 7.28. The zero-order valence-electron chi connectivity index (χ0n) is 17.6. The number of carbonyl (C=O) groups is 1. The van der Waals surface area contributed by atoms with Crippen LogP contribution in [0.15, 0.2) is 47.5 Å². The standard InChI is InChI=1S/C22H27Cl2N5O.HI/c1-15(19-9-8-17(23)13-20(19)24)27-21(25-2)26-14-16-6-5-7-18(12-16)28-22(30)29-10-3-4-11-29;/h5-9,12-13,15H,3-4,10-11,14H2,1-2H3,(H,28,30)(H2,25,26,27);1H. The number of halogens is 3. The highest BCUT2D eigenvalue weighted by molar-refractivity contribution is 14.0. The lowest BCUT2D eigenvalue weighted by atomic mass is 10.1. The molecule has 1 unspecified atom stereocenters. The Morgan fingerprint density at radius 3 is 2.58 bits per heavy atom. The average Bonchev–Trinajstić information content (AvgIpc) is 3.26. The molecule has 1 atom stereocenters. The number of guanidine groups is 1. The first-order chi connectivity index (χ1) is 14.5. The van der Waals surface area contributed by atoms with Gasteiger partial charge in [0.05, 0.1) is 6.04 Å². The summed E-state index contributed by atoms with van der Waals surface area (Å²) in [5.74, 6) is 0.653. The van der Waals surface area contributed by atoms with Gasteiger partial charge < -0.3 is 20.9 Å². The molecule has 0 saturated carbocycles. The molecule has 1 saturated heterocycles. The van der Waals surface area contributed by atoms with Gasteiger partial charge in [-0.05, 0) is 55.2 Å². The van der Waals surface area contributed by atoms with Gasteiger partial charge in [-0.2, -0.15) is 0 Å². The van der Waals surface area contributed by atoms with Crippen LogP contribution in [0.3, 0.4) is 0 Å². The molecule has 0 bridgehead atoms. The van der Waals surface area contributed by atoms with Gasteiger partial charge in [-0.15, -0.1) is 24.0 Å². The highest BCUT2D eigenvalue weighted by Gasteiger charge is 2.17. The minimum absolute atomic E-state index is 0. The molecule has 1 heterocycles. The molecular formula is C22H28Cl2IN5O. The number of nitrogens with zero attached hydrogens (tertiary/aromatic N) is 2.